The van der Waals surface area contributed by atoms with Gasteiger partial charge in [-0.3, -0.25) is 14.7 Å². The van der Waals surface area contributed by atoms with E-state index in [1.54, 1.807) is 4.90 Å². The summed E-state index contributed by atoms with van der Waals surface area (Å²) in [5, 5.41) is 40.8. The average molecular weight is 554 g/mol. The van der Waals surface area contributed by atoms with Crippen molar-refractivity contribution in [1.29, 1.82) is 0 Å². The summed E-state index contributed by atoms with van der Waals surface area (Å²) in [4.78, 5) is 37.2. The zero-order valence-corrected chi connectivity index (χ0v) is 21.2. The molecule has 15 heteroatoms. The number of nitrogen functional groups attached to an aromatic ring is 1. The minimum Gasteiger partial charge on any atom is -0.410 e. The van der Waals surface area contributed by atoms with Crippen LogP contribution in [0.1, 0.15) is 31.3 Å². The van der Waals surface area contributed by atoms with Crippen LogP contribution in [0.25, 0.3) is 11.2 Å². The summed E-state index contributed by atoms with van der Waals surface area (Å²) in [7, 11) is 0. The highest BCUT2D eigenvalue weighted by Crippen LogP contribution is 2.32. The number of fused-ring (bicyclic) bond motifs is 1. The number of nitro groups is 1. The fourth-order valence-electron chi connectivity index (χ4n) is 4.71. The summed E-state index contributed by atoms with van der Waals surface area (Å²) in [6.07, 6.45) is -1.85. The number of nitrogens with two attached hydrogens (primary N) is 1. The minimum absolute atomic E-state index is 0.0929. The second-order valence-corrected chi connectivity index (χ2v) is 9.54. The molecular weight excluding hydrogens is 526 g/mol. The van der Waals surface area contributed by atoms with E-state index in [0.29, 0.717) is 32.4 Å². The van der Waals surface area contributed by atoms with Crippen LogP contribution >= 0.6 is 0 Å². The van der Waals surface area contributed by atoms with E-state index in [1.807, 2.05) is 0 Å². The summed E-state index contributed by atoms with van der Waals surface area (Å²) < 4.78 is 12.3. The van der Waals surface area contributed by atoms with E-state index >= 15 is 0 Å². The van der Waals surface area contributed by atoms with Crippen molar-refractivity contribution in [3.8, 4) is 17.6 Å². The summed E-state index contributed by atoms with van der Waals surface area (Å²) in [5.41, 5.74) is 6.44. The lowest BCUT2D eigenvalue weighted by atomic mass is 9.94. The molecule has 1 aromatic carbocycles. The molecule has 1 amide bonds. The first kappa shape index (κ1) is 27.2. The number of anilines is 1. The Morgan fingerprint density at radius 3 is 2.73 bits per heavy atom. The van der Waals surface area contributed by atoms with Crippen molar-refractivity contribution in [1.82, 2.24) is 24.4 Å². The van der Waals surface area contributed by atoms with E-state index in [1.165, 1.54) is 35.2 Å². The van der Waals surface area contributed by atoms with Crippen molar-refractivity contribution in [2.75, 3.05) is 25.4 Å². The summed E-state index contributed by atoms with van der Waals surface area (Å²) in [5.74, 6) is 6.55. The Labute approximate surface area is 227 Å². The van der Waals surface area contributed by atoms with Crippen LogP contribution in [-0.2, 0) is 4.74 Å². The molecule has 40 heavy (non-hydrogen) atoms. The molecule has 0 radical (unpaired) electrons. The number of likely N-dealkylation sites (tertiary alicyclic amines) is 1. The van der Waals surface area contributed by atoms with Crippen molar-refractivity contribution < 1.29 is 34.5 Å². The standard InChI is InChI=1S/C25H27N7O8/c26-22-19-23(31(13-27-19)24-21(35)20(34)17(12-33)40-24)29-18(28-22)6-1-3-14-7-9-30(10-8-14)25(36)39-16-5-2-4-15(11-16)32(37)38/h2,4-5,11,13-14,17,20-21,24,33-35H,3,7-10,12H2,(H2,26,28,29)/t17-,20+,21?,24-/m1/s1. The van der Waals surface area contributed by atoms with Gasteiger partial charge in [-0.05, 0) is 30.7 Å². The third-order valence-electron chi connectivity index (χ3n) is 6.94. The fraction of sp³-hybridized carbons (Fsp3) is 0.440. The van der Waals surface area contributed by atoms with Gasteiger partial charge in [-0.25, -0.2) is 19.7 Å². The van der Waals surface area contributed by atoms with Gasteiger partial charge in [0.1, 0.15) is 29.6 Å². The Morgan fingerprint density at radius 2 is 2.02 bits per heavy atom. The van der Waals surface area contributed by atoms with Crippen LogP contribution in [0.2, 0.25) is 0 Å². The molecule has 4 heterocycles. The molecule has 0 saturated carbocycles. The summed E-state index contributed by atoms with van der Waals surface area (Å²) in [6, 6.07) is 5.47. The zero-order chi connectivity index (χ0) is 28.4. The van der Waals surface area contributed by atoms with E-state index in [9.17, 15) is 30.2 Å². The van der Waals surface area contributed by atoms with Gasteiger partial charge in [0.25, 0.3) is 5.69 Å². The van der Waals surface area contributed by atoms with Gasteiger partial charge < -0.3 is 35.4 Å². The molecule has 3 aromatic rings. The normalized spacial score (nSPS) is 23.1. The maximum absolute atomic E-state index is 12.5. The third-order valence-corrected chi connectivity index (χ3v) is 6.94. The van der Waals surface area contributed by atoms with Crippen molar-refractivity contribution in [2.45, 2.75) is 43.8 Å². The van der Waals surface area contributed by atoms with Crippen molar-refractivity contribution >= 4 is 28.8 Å². The highest BCUT2D eigenvalue weighted by molar-refractivity contribution is 5.82. The average Bonchev–Trinajstić information content (AvgIpc) is 3.49. The number of hydrogen-bond acceptors (Lipinski definition) is 12. The maximum atomic E-state index is 12.5. The molecule has 2 saturated heterocycles. The molecule has 0 aliphatic carbocycles. The summed E-state index contributed by atoms with van der Waals surface area (Å²) >= 11 is 0. The van der Waals surface area contributed by atoms with E-state index < -0.39 is 42.2 Å². The largest absolute Gasteiger partial charge is 0.415 e. The lowest BCUT2D eigenvalue weighted by Gasteiger charge is -2.30. The van der Waals surface area contributed by atoms with Crippen LogP contribution in [0.5, 0.6) is 5.75 Å². The molecule has 2 aliphatic heterocycles. The first-order valence-electron chi connectivity index (χ1n) is 12.6. The molecular formula is C25H27N7O8. The fourth-order valence-corrected chi connectivity index (χ4v) is 4.71. The van der Waals surface area contributed by atoms with E-state index in [2.05, 4.69) is 26.8 Å². The molecule has 2 aromatic heterocycles. The van der Waals surface area contributed by atoms with Gasteiger partial charge in [0, 0.05) is 25.6 Å². The van der Waals surface area contributed by atoms with Gasteiger partial charge in [0.05, 0.1) is 23.9 Å². The number of aliphatic hydroxyl groups is 3. The molecule has 5 N–H and O–H groups in total. The summed E-state index contributed by atoms with van der Waals surface area (Å²) in [6.45, 7) is 0.450. The van der Waals surface area contributed by atoms with Crippen LogP contribution in [0.15, 0.2) is 30.6 Å². The minimum atomic E-state index is -1.31. The van der Waals surface area contributed by atoms with Gasteiger partial charge >= 0.3 is 6.09 Å². The number of aliphatic hydroxyl groups excluding tert-OH is 3. The molecule has 15 nitrogen and oxygen atoms in total. The van der Waals surface area contributed by atoms with Crippen LogP contribution in [0, 0.1) is 27.9 Å². The smallest absolute Gasteiger partial charge is 0.410 e. The van der Waals surface area contributed by atoms with Crippen molar-refractivity contribution in [3.63, 3.8) is 0 Å². The molecule has 210 valence electrons. The maximum Gasteiger partial charge on any atom is 0.415 e. The van der Waals surface area contributed by atoms with Gasteiger partial charge in [-0.1, -0.05) is 12.0 Å². The van der Waals surface area contributed by atoms with E-state index in [-0.39, 0.29) is 40.2 Å². The van der Waals surface area contributed by atoms with Crippen LogP contribution < -0.4 is 10.5 Å². The monoisotopic (exact) mass is 553 g/mol. The molecule has 5 rings (SSSR count). The number of carbonyl (C=O) groups excluding carboxylic acids is 1. The molecule has 0 spiro atoms. The number of carbonyl (C=O) groups is 1. The lowest BCUT2D eigenvalue weighted by Crippen LogP contribution is -2.40. The SMILES string of the molecule is Nc1nc(C#CCC2CCN(C(=O)Oc3cccc([N+](=O)[O-])c3)CC2)nc2c1ncn2[C@@H]1O[C@H](CO)[C@H](O)C1O. The first-order valence-corrected chi connectivity index (χ1v) is 12.6. The molecule has 1 unspecified atom stereocenters. The number of piperidine rings is 1. The molecule has 0 bridgehead atoms. The number of rotatable bonds is 5. The van der Waals surface area contributed by atoms with Gasteiger partial charge in [0.2, 0.25) is 5.82 Å². The number of benzene rings is 1. The quantitative estimate of drug-likeness (QED) is 0.194. The zero-order valence-electron chi connectivity index (χ0n) is 21.2. The molecule has 2 fully saturated rings. The highest BCUT2D eigenvalue weighted by atomic mass is 16.6. The second kappa shape index (κ2) is 11.4. The topological polar surface area (TPSA) is 212 Å². The lowest BCUT2D eigenvalue weighted by molar-refractivity contribution is -0.384. The van der Waals surface area contributed by atoms with Crippen molar-refractivity contribution in [3.05, 3.63) is 46.5 Å². The second-order valence-electron chi connectivity index (χ2n) is 9.54. The van der Waals surface area contributed by atoms with Crippen LogP contribution in [0.4, 0.5) is 16.3 Å². The number of nitro benzene ring substituents is 1. The van der Waals surface area contributed by atoms with Crippen LogP contribution in [-0.4, -0.2) is 88.8 Å². The van der Waals surface area contributed by atoms with Crippen LogP contribution in [0.3, 0.4) is 0 Å². The predicted molar refractivity (Wildman–Crippen MR) is 138 cm³/mol. The van der Waals surface area contributed by atoms with Gasteiger partial charge in [0.15, 0.2) is 17.7 Å². The number of imidazole rings is 1. The number of non-ortho nitro benzene ring substituents is 1. The number of ether oxygens (including phenoxy) is 2. The first-order chi connectivity index (χ1) is 19.2. The van der Waals surface area contributed by atoms with Gasteiger partial charge in [-0.2, -0.15) is 0 Å². The third kappa shape index (κ3) is 5.51. The van der Waals surface area contributed by atoms with Gasteiger partial charge in [-0.15, -0.1) is 0 Å². The Morgan fingerprint density at radius 1 is 1.25 bits per heavy atom. The Kier molecular flexibility index (Phi) is 7.76. The number of hydrogen-bond donors (Lipinski definition) is 4. The molecule has 2 aliphatic rings. The van der Waals surface area contributed by atoms with Crippen molar-refractivity contribution in [2.24, 2.45) is 5.92 Å². The Bertz CT molecular complexity index is 1480. The van der Waals surface area contributed by atoms with E-state index in [0.717, 1.165) is 0 Å². The number of aromatic nitrogens is 4. The number of amides is 1. The Balaban J connectivity index is 1.19. The highest BCUT2D eigenvalue weighted by Gasteiger charge is 2.44. The Hall–Kier alpha value is -4.36. The predicted octanol–water partition coefficient (Wildman–Crippen LogP) is 0.581. The van der Waals surface area contributed by atoms with E-state index in [4.69, 9.17) is 15.2 Å². The molecule has 4 atom stereocenters. The number of nitrogens with zero attached hydrogens (tertiary/aromatic N) is 6.